The quantitative estimate of drug-likeness (QED) is 0.594. The van der Waals surface area contributed by atoms with E-state index in [-0.39, 0.29) is 0 Å². The molecule has 0 heterocycles. The largest absolute Gasteiger partial charge is 0.491 e. The average molecular weight is 345 g/mol. The maximum absolute atomic E-state index is 5.68. The molecule has 136 valence electrons. The molecule has 0 spiro atoms. The normalized spacial score (nSPS) is 10.5. The van der Waals surface area contributed by atoms with E-state index in [0.29, 0.717) is 33.0 Å². The molecule has 0 aliphatic rings. The Balaban J connectivity index is 1.78. The fourth-order valence-corrected chi connectivity index (χ4v) is 2.22. The second-order valence-corrected chi connectivity index (χ2v) is 5.41. The fraction of sp³-hybridized carbons (Fsp3) is 0.400. The highest BCUT2D eigenvalue weighted by molar-refractivity contribution is 5.47. The van der Waals surface area contributed by atoms with Gasteiger partial charge in [0.25, 0.3) is 0 Å². The van der Waals surface area contributed by atoms with E-state index in [1.165, 1.54) is 0 Å². The minimum absolute atomic E-state index is 0.555. The van der Waals surface area contributed by atoms with Crippen molar-refractivity contribution >= 4 is 5.69 Å². The van der Waals surface area contributed by atoms with Crippen molar-refractivity contribution in [3.8, 4) is 11.5 Å². The summed E-state index contributed by atoms with van der Waals surface area (Å²) in [7, 11) is 1.66. The van der Waals surface area contributed by atoms with Crippen LogP contribution in [0.4, 0.5) is 5.69 Å². The summed E-state index contributed by atoms with van der Waals surface area (Å²) in [4.78, 5) is 0. The van der Waals surface area contributed by atoms with Crippen molar-refractivity contribution < 1.29 is 18.9 Å². The lowest BCUT2D eigenvalue weighted by molar-refractivity contribution is 0.110. The molecule has 0 saturated heterocycles. The van der Waals surface area contributed by atoms with Gasteiger partial charge in [-0.1, -0.05) is 12.1 Å². The van der Waals surface area contributed by atoms with E-state index in [0.717, 1.165) is 29.3 Å². The number of hydrogen-bond acceptors (Lipinski definition) is 5. The summed E-state index contributed by atoms with van der Waals surface area (Å²) < 4.78 is 21.5. The standard InChI is InChI=1S/C20H27NO4/c1-3-23-12-14-25-20-6-4-5-17(15-20)16-21-18-7-9-19(10-8-18)24-13-11-22-2/h4-10,15,21H,3,11-14,16H2,1-2H3. The molecule has 25 heavy (non-hydrogen) atoms. The number of ether oxygens (including phenoxy) is 4. The molecule has 1 N–H and O–H groups in total. The molecular formula is C20H27NO4. The van der Waals surface area contributed by atoms with Crippen LogP contribution in [0.1, 0.15) is 12.5 Å². The third kappa shape index (κ3) is 7.45. The van der Waals surface area contributed by atoms with Crippen LogP contribution in [-0.4, -0.2) is 40.1 Å². The Kier molecular flexibility index (Phi) is 8.66. The molecule has 2 aromatic carbocycles. The molecule has 5 heteroatoms. The van der Waals surface area contributed by atoms with E-state index in [1.807, 2.05) is 49.4 Å². The summed E-state index contributed by atoms with van der Waals surface area (Å²) >= 11 is 0. The minimum Gasteiger partial charge on any atom is -0.491 e. The van der Waals surface area contributed by atoms with Gasteiger partial charge < -0.3 is 24.3 Å². The molecule has 0 saturated carbocycles. The first kappa shape index (κ1) is 19.1. The lowest BCUT2D eigenvalue weighted by Crippen LogP contribution is -2.07. The Morgan fingerprint density at radius 1 is 0.840 bits per heavy atom. The lowest BCUT2D eigenvalue weighted by Gasteiger charge is -2.11. The topological polar surface area (TPSA) is 49.0 Å². The maximum Gasteiger partial charge on any atom is 0.119 e. The zero-order valence-electron chi connectivity index (χ0n) is 15.0. The van der Waals surface area contributed by atoms with Gasteiger partial charge in [-0.25, -0.2) is 0 Å². The predicted molar refractivity (Wildman–Crippen MR) is 99.6 cm³/mol. The van der Waals surface area contributed by atoms with Gasteiger partial charge in [0.2, 0.25) is 0 Å². The number of nitrogens with one attached hydrogen (secondary N) is 1. The van der Waals surface area contributed by atoms with E-state index in [4.69, 9.17) is 18.9 Å². The summed E-state index contributed by atoms with van der Waals surface area (Å²) in [6.07, 6.45) is 0. The third-order valence-electron chi connectivity index (χ3n) is 3.51. The Labute approximate surface area is 149 Å². The molecule has 0 amide bonds. The molecule has 2 rings (SSSR count). The molecule has 0 aromatic heterocycles. The fourth-order valence-electron chi connectivity index (χ4n) is 2.22. The number of benzene rings is 2. The number of hydrogen-bond donors (Lipinski definition) is 1. The van der Waals surface area contributed by atoms with Crippen LogP contribution in [0.3, 0.4) is 0 Å². The first-order valence-electron chi connectivity index (χ1n) is 8.57. The second-order valence-electron chi connectivity index (χ2n) is 5.41. The van der Waals surface area contributed by atoms with Crippen LogP contribution in [0.25, 0.3) is 0 Å². The van der Waals surface area contributed by atoms with Crippen LogP contribution in [0.2, 0.25) is 0 Å². The van der Waals surface area contributed by atoms with Gasteiger partial charge in [0.05, 0.1) is 13.2 Å². The van der Waals surface area contributed by atoms with Crippen LogP contribution in [-0.2, 0) is 16.0 Å². The van der Waals surface area contributed by atoms with E-state index in [9.17, 15) is 0 Å². The smallest absolute Gasteiger partial charge is 0.119 e. The Bertz CT molecular complexity index is 601. The van der Waals surface area contributed by atoms with Crippen LogP contribution in [0, 0.1) is 0 Å². The van der Waals surface area contributed by atoms with Crippen molar-refractivity contribution in [1.29, 1.82) is 0 Å². The summed E-state index contributed by atoms with van der Waals surface area (Å²) in [6.45, 7) is 5.73. The van der Waals surface area contributed by atoms with Gasteiger partial charge in [0, 0.05) is 25.9 Å². The van der Waals surface area contributed by atoms with Crippen molar-refractivity contribution in [2.45, 2.75) is 13.5 Å². The molecule has 0 aliphatic heterocycles. The highest BCUT2D eigenvalue weighted by Crippen LogP contribution is 2.18. The van der Waals surface area contributed by atoms with E-state index in [1.54, 1.807) is 7.11 Å². The molecule has 0 atom stereocenters. The van der Waals surface area contributed by atoms with Crippen molar-refractivity contribution in [2.24, 2.45) is 0 Å². The van der Waals surface area contributed by atoms with Gasteiger partial charge in [-0.2, -0.15) is 0 Å². The average Bonchev–Trinajstić information content (AvgIpc) is 2.65. The molecule has 2 aromatic rings. The molecular weight excluding hydrogens is 318 g/mol. The summed E-state index contributed by atoms with van der Waals surface area (Å²) in [5, 5.41) is 3.40. The number of rotatable bonds is 12. The Morgan fingerprint density at radius 2 is 1.60 bits per heavy atom. The van der Waals surface area contributed by atoms with E-state index < -0.39 is 0 Å². The predicted octanol–water partition coefficient (Wildman–Crippen LogP) is 3.74. The minimum atomic E-state index is 0.555. The first-order chi connectivity index (χ1) is 12.3. The van der Waals surface area contributed by atoms with Crippen molar-refractivity contribution in [3.05, 3.63) is 54.1 Å². The molecule has 0 aliphatic carbocycles. The monoisotopic (exact) mass is 345 g/mol. The van der Waals surface area contributed by atoms with Gasteiger partial charge in [-0.3, -0.25) is 0 Å². The number of anilines is 1. The molecule has 5 nitrogen and oxygen atoms in total. The molecule has 0 unspecified atom stereocenters. The zero-order chi connectivity index (χ0) is 17.7. The molecule has 0 bridgehead atoms. The highest BCUT2D eigenvalue weighted by atomic mass is 16.5. The second kappa shape index (κ2) is 11.3. The van der Waals surface area contributed by atoms with Crippen LogP contribution in [0.15, 0.2) is 48.5 Å². The van der Waals surface area contributed by atoms with Gasteiger partial charge in [-0.15, -0.1) is 0 Å². The third-order valence-corrected chi connectivity index (χ3v) is 3.51. The zero-order valence-corrected chi connectivity index (χ0v) is 15.0. The summed E-state index contributed by atoms with van der Waals surface area (Å²) in [5.74, 6) is 1.70. The van der Waals surface area contributed by atoms with Crippen LogP contribution >= 0.6 is 0 Å². The summed E-state index contributed by atoms with van der Waals surface area (Å²) in [6, 6.07) is 16.0. The van der Waals surface area contributed by atoms with Gasteiger partial charge >= 0.3 is 0 Å². The van der Waals surface area contributed by atoms with Crippen LogP contribution < -0.4 is 14.8 Å². The highest BCUT2D eigenvalue weighted by Gasteiger charge is 1.99. The maximum atomic E-state index is 5.68. The molecule has 0 fully saturated rings. The van der Waals surface area contributed by atoms with E-state index in [2.05, 4.69) is 11.4 Å². The van der Waals surface area contributed by atoms with Crippen molar-refractivity contribution in [1.82, 2.24) is 0 Å². The van der Waals surface area contributed by atoms with Gasteiger partial charge in [0.1, 0.15) is 24.7 Å². The van der Waals surface area contributed by atoms with Crippen molar-refractivity contribution in [2.75, 3.05) is 45.5 Å². The van der Waals surface area contributed by atoms with Gasteiger partial charge in [-0.05, 0) is 48.9 Å². The van der Waals surface area contributed by atoms with E-state index >= 15 is 0 Å². The first-order valence-corrected chi connectivity index (χ1v) is 8.57. The number of methoxy groups -OCH3 is 1. The van der Waals surface area contributed by atoms with Crippen molar-refractivity contribution in [3.63, 3.8) is 0 Å². The van der Waals surface area contributed by atoms with Gasteiger partial charge in [0.15, 0.2) is 0 Å². The Hall–Kier alpha value is -2.24. The Morgan fingerprint density at radius 3 is 2.36 bits per heavy atom. The SMILES string of the molecule is CCOCCOc1cccc(CNc2ccc(OCCOC)cc2)c1. The van der Waals surface area contributed by atoms with Crippen LogP contribution in [0.5, 0.6) is 11.5 Å². The lowest BCUT2D eigenvalue weighted by atomic mass is 10.2. The summed E-state index contributed by atoms with van der Waals surface area (Å²) in [5.41, 5.74) is 2.20. The molecule has 0 radical (unpaired) electrons.